The molecule has 4 nitrogen and oxygen atoms in total. The van der Waals surface area contributed by atoms with E-state index in [0.717, 1.165) is 21.9 Å². The Kier molecular flexibility index (Phi) is 4.86. The van der Waals surface area contributed by atoms with Crippen molar-refractivity contribution >= 4 is 22.6 Å². The first-order chi connectivity index (χ1) is 13.6. The molecule has 1 N–H and O–H groups in total. The number of nitrogens with zero attached hydrogens (tertiary/aromatic N) is 1. The molecule has 0 radical (unpaired) electrons. The number of aliphatic carboxylic acids is 1. The zero-order valence-electron chi connectivity index (χ0n) is 15.7. The van der Waals surface area contributed by atoms with Crippen molar-refractivity contribution in [3.05, 3.63) is 83.9 Å². The number of hydrogen-bond donors (Lipinski definition) is 1. The van der Waals surface area contributed by atoms with Crippen LogP contribution >= 0.6 is 0 Å². The van der Waals surface area contributed by atoms with E-state index >= 15 is 0 Å². The SMILES string of the molecule is O=C(Cc1ccc2ccccc2c1)N1CCC(C(=O)O)(c2ccccc2)CC1. The molecular formula is C24H23NO3. The predicted octanol–water partition coefficient (Wildman–Crippen LogP) is 4.03. The maximum atomic E-state index is 12.8. The molecule has 1 saturated heterocycles. The first-order valence-electron chi connectivity index (χ1n) is 9.63. The molecule has 0 saturated carbocycles. The van der Waals surface area contributed by atoms with E-state index in [2.05, 4.69) is 12.1 Å². The molecule has 4 heteroatoms. The molecule has 1 aliphatic heterocycles. The van der Waals surface area contributed by atoms with Crippen molar-refractivity contribution in [3.8, 4) is 0 Å². The van der Waals surface area contributed by atoms with E-state index in [4.69, 9.17) is 0 Å². The number of carboxylic acid groups (broad SMARTS) is 1. The van der Waals surface area contributed by atoms with Gasteiger partial charge in [0.2, 0.25) is 5.91 Å². The minimum Gasteiger partial charge on any atom is -0.481 e. The molecule has 0 aromatic heterocycles. The second kappa shape index (κ2) is 7.47. The number of carboxylic acids is 1. The van der Waals surface area contributed by atoms with Crippen molar-refractivity contribution in [1.29, 1.82) is 0 Å². The molecule has 142 valence electrons. The molecule has 28 heavy (non-hydrogen) atoms. The van der Waals surface area contributed by atoms with Crippen LogP contribution in [0.1, 0.15) is 24.0 Å². The number of carbonyl (C=O) groups excluding carboxylic acids is 1. The van der Waals surface area contributed by atoms with Crippen molar-refractivity contribution in [3.63, 3.8) is 0 Å². The van der Waals surface area contributed by atoms with Crippen LogP contribution in [0.3, 0.4) is 0 Å². The summed E-state index contributed by atoms with van der Waals surface area (Å²) in [7, 11) is 0. The van der Waals surface area contributed by atoms with E-state index in [-0.39, 0.29) is 5.91 Å². The lowest BCUT2D eigenvalue weighted by molar-refractivity contribution is -0.148. The molecule has 0 bridgehead atoms. The summed E-state index contributed by atoms with van der Waals surface area (Å²) in [4.78, 5) is 26.7. The van der Waals surface area contributed by atoms with Crippen LogP contribution in [-0.2, 0) is 21.4 Å². The lowest BCUT2D eigenvalue weighted by atomic mass is 9.73. The maximum absolute atomic E-state index is 12.8. The molecular weight excluding hydrogens is 350 g/mol. The molecule has 1 fully saturated rings. The van der Waals surface area contributed by atoms with Gasteiger partial charge in [0, 0.05) is 13.1 Å². The molecule has 0 aliphatic carbocycles. The molecule has 3 aromatic carbocycles. The fourth-order valence-electron chi connectivity index (χ4n) is 4.16. The maximum Gasteiger partial charge on any atom is 0.314 e. The van der Waals surface area contributed by atoms with E-state index in [1.807, 2.05) is 60.7 Å². The number of amides is 1. The summed E-state index contributed by atoms with van der Waals surface area (Å²) in [6.07, 6.45) is 1.22. The zero-order valence-corrected chi connectivity index (χ0v) is 15.7. The number of fused-ring (bicyclic) bond motifs is 1. The lowest BCUT2D eigenvalue weighted by Gasteiger charge is -2.39. The van der Waals surface area contributed by atoms with E-state index in [1.165, 1.54) is 0 Å². The number of rotatable bonds is 4. The normalized spacial score (nSPS) is 16.1. The van der Waals surface area contributed by atoms with E-state index in [1.54, 1.807) is 4.90 Å². The van der Waals surface area contributed by atoms with Gasteiger partial charge in [-0.15, -0.1) is 0 Å². The third kappa shape index (κ3) is 3.38. The van der Waals surface area contributed by atoms with Gasteiger partial charge in [0.1, 0.15) is 0 Å². The highest BCUT2D eigenvalue weighted by molar-refractivity contribution is 5.86. The molecule has 1 aliphatic rings. The zero-order chi connectivity index (χ0) is 19.6. The summed E-state index contributed by atoms with van der Waals surface area (Å²) in [6, 6.07) is 23.6. The molecule has 1 heterocycles. The Morgan fingerprint density at radius 2 is 1.50 bits per heavy atom. The van der Waals surface area contributed by atoms with Gasteiger partial charge in [-0.25, -0.2) is 0 Å². The Morgan fingerprint density at radius 1 is 0.857 bits per heavy atom. The number of carbonyl (C=O) groups is 2. The average molecular weight is 373 g/mol. The lowest BCUT2D eigenvalue weighted by Crippen LogP contribution is -2.49. The van der Waals surface area contributed by atoms with Gasteiger partial charge < -0.3 is 10.0 Å². The van der Waals surface area contributed by atoms with Gasteiger partial charge in [-0.2, -0.15) is 0 Å². The smallest absolute Gasteiger partial charge is 0.314 e. The highest BCUT2D eigenvalue weighted by Crippen LogP contribution is 2.36. The van der Waals surface area contributed by atoms with Crippen LogP contribution in [0.5, 0.6) is 0 Å². The van der Waals surface area contributed by atoms with Gasteiger partial charge in [-0.3, -0.25) is 9.59 Å². The fraction of sp³-hybridized carbons (Fsp3) is 0.250. The number of piperidine rings is 1. The molecule has 0 atom stereocenters. The summed E-state index contributed by atoms with van der Waals surface area (Å²) in [5.74, 6) is -0.748. The Morgan fingerprint density at radius 3 is 2.18 bits per heavy atom. The van der Waals surface area contributed by atoms with E-state index in [9.17, 15) is 14.7 Å². The highest BCUT2D eigenvalue weighted by atomic mass is 16.4. The van der Waals surface area contributed by atoms with Crippen molar-refractivity contribution < 1.29 is 14.7 Å². The van der Waals surface area contributed by atoms with Crippen molar-refractivity contribution in [2.45, 2.75) is 24.7 Å². The van der Waals surface area contributed by atoms with Crippen molar-refractivity contribution in [2.24, 2.45) is 0 Å². The Bertz CT molecular complexity index is 1000. The van der Waals surface area contributed by atoms with Gasteiger partial charge >= 0.3 is 5.97 Å². The quantitative estimate of drug-likeness (QED) is 0.751. The molecule has 1 amide bonds. The predicted molar refractivity (Wildman–Crippen MR) is 109 cm³/mol. The third-order valence-electron chi connectivity index (χ3n) is 5.87. The first kappa shape index (κ1) is 18.2. The molecule has 4 rings (SSSR count). The van der Waals surface area contributed by atoms with E-state index in [0.29, 0.717) is 32.4 Å². The van der Waals surface area contributed by atoms with Crippen LogP contribution in [0, 0.1) is 0 Å². The van der Waals surface area contributed by atoms with Crippen LogP contribution < -0.4 is 0 Å². The highest BCUT2D eigenvalue weighted by Gasteiger charge is 2.43. The van der Waals surface area contributed by atoms with Gasteiger partial charge in [-0.05, 0) is 34.7 Å². The van der Waals surface area contributed by atoms with Crippen LogP contribution in [-0.4, -0.2) is 35.0 Å². The van der Waals surface area contributed by atoms with Gasteiger partial charge in [-0.1, -0.05) is 72.8 Å². The summed E-state index contributed by atoms with van der Waals surface area (Å²) < 4.78 is 0. The minimum absolute atomic E-state index is 0.0577. The Balaban J connectivity index is 1.46. The average Bonchev–Trinajstić information content (AvgIpc) is 2.74. The largest absolute Gasteiger partial charge is 0.481 e. The van der Waals surface area contributed by atoms with Gasteiger partial charge in [0.25, 0.3) is 0 Å². The van der Waals surface area contributed by atoms with Crippen LogP contribution in [0.25, 0.3) is 10.8 Å². The van der Waals surface area contributed by atoms with Crippen LogP contribution in [0.4, 0.5) is 0 Å². The second-order valence-electron chi connectivity index (χ2n) is 7.49. The monoisotopic (exact) mass is 373 g/mol. The molecule has 0 spiro atoms. The van der Waals surface area contributed by atoms with Gasteiger partial charge in [0.05, 0.1) is 11.8 Å². The van der Waals surface area contributed by atoms with E-state index < -0.39 is 11.4 Å². The standard InChI is InChI=1S/C24H23NO3/c26-22(17-18-10-11-19-6-4-5-7-20(19)16-18)25-14-12-24(13-15-25,23(27)28)21-8-2-1-3-9-21/h1-11,16H,12-15,17H2,(H,27,28). The summed E-state index contributed by atoms with van der Waals surface area (Å²) in [5.41, 5.74) is 0.909. The fourth-order valence-corrected chi connectivity index (χ4v) is 4.16. The molecule has 0 unspecified atom stereocenters. The summed E-state index contributed by atoms with van der Waals surface area (Å²) >= 11 is 0. The summed E-state index contributed by atoms with van der Waals surface area (Å²) in [6.45, 7) is 0.932. The van der Waals surface area contributed by atoms with Crippen LogP contribution in [0.2, 0.25) is 0 Å². The number of hydrogen-bond acceptors (Lipinski definition) is 2. The number of likely N-dealkylation sites (tertiary alicyclic amines) is 1. The molecule has 3 aromatic rings. The Hall–Kier alpha value is -3.14. The van der Waals surface area contributed by atoms with Crippen molar-refractivity contribution in [1.82, 2.24) is 4.90 Å². The Labute approximate surface area is 164 Å². The second-order valence-corrected chi connectivity index (χ2v) is 7.49. The van der Waals surface area contributed by atoms with Crippen LogP contribution in [0.15, 0.2) is 72.8 Å². The van der Waals surface area contributed by atoms with Crippen molar-refractivity contribution in [2.75, 3.05) is 13.1 Å². The first-order valence-corrected chi connectivity index (χ1v) is 9.63. The third-order valence-corrected chi connectivity index (χ3v) is 5.87. The summed E-state index contributed by atoms with van der Waals surface area (Å²) in [5, 5.41) is 12.2. The van der Waals surface area contributed by atoms with Gasteiger partial charge in [0.15, 0.2) is 0 Å². The number of benzene rings is 3. The topological polar surface area (TPSA) is 57.6 Å². The minimum atomic E-state index is -0.902.